The highest BCUT2D eigenvalue weighted by Crippen LogP contribution is 2.13. The van der Waals surface area contributed by atoms with E-state index in [4.69, 9.17) is 11.6 Å². The Labute approximate surface area is 130 Å². The largest absolute Gasteiger partial charge is 0.325 e. The van der Waals surface area contributed by atoms with Crippen molar-refractivity contribution in [2.75, 3.05) is 11.9 Å². The number of benzene rings is 2. The van der Waals surface area contributed by atoms with E-state index >= 15 is 0 Å². The Bertz CT molecular complexity index is 596. The molecule has 0 spiro atoms. The van der Waals surface area contributed by atoms with Crippen LogP contribution >= 0.6 is 11.6 Å². The second-order valence-electron chi connectivity index (χ2n) is 4.78. The Morgan fingerprint density at radius 1 is 1.05 bits per heavy atom. The van der Waals surface area contributed by atoms with Gasteiger partial charge in [-0.25, -0.2) is 0 Å². The molecular weight excluding hydrogens is 284 g/mol. The summed E-state index contributed by atoms with van der Waals surface area (Å²) in [6, 6.07) is 15.3. The number of amides is 1. The summed E-state index contributed by atoms with van der Waals surface area (Å²) in [4.78, 5) is 11.8. The molecule has 2 rings (SSSR count). The summed E-state index contributed by atoms with van der Waals surface area (Å²) in [5.41, 5.74) is 3.29. The highest BCUT2D eigenvalue weighted by Gasteiger charge is 2.03. The van der Waals surface area contributed by atoms with Crippen LogP contribution in [0.3, 0.4) is 0 Å². The lowest BCUT2D eigenvalue weighted by Gasteiger charge is -2.09. The Kier molecular flexibility index (Phi) is 5.78. The van der Waals surface area contributed by atoms with Gasteiger partial charge in [0.15, 0.2) is 0 Å². The van der Waals surface area contributed by atoms with Gasteiger partial charge >= 0.3 is 0 Å². The van der Waals surface area contributed by atoms with E-state index in [0.29, 0.717) is 11.6 Å². The first-order valence-corrected chi connectivity index (χ1v) is 7.39. The van der Waals surface area contributed by atoms with Crippen LogP contribution in [0, 0.1) is 0 Å². The van der Waals surface area contributed by atoms with Gasteiger partial charge in [0.1, 0.15) is 0 Å². The lowest BCUT2D eigenvalue weighted by atomic mass is 10.1. The molecule has 21 heavy (non-hydrogen) atoms. The van der Waals surface area contributed by atoms with Crippen LogP contribution in [0.1, 0.15) is 18.1 Å². The summed E-state index contributed by atoms with van der Waals surface area (Å²) < 4.78 is 0. The lowest BCUT2D eigenvalue weighted by Crippen LogP contribution is -2.28. The number of rotatable bonds is 6. The van der Waals surface area contributed by atoms with Crippen molar-refractivity contribution in [3.8, 4) is 0 Å². The van der Waals surface area contributed by atoms with Gasteiger partial charge in [-0.1, -0.05) is 42.8 Å². The fourth-order valence-electron chi connectivity index (χ4n) is 2.12. The minimum Gasteiger partial charge on any atom is -0.325 e. The van der Waals surface area contributed by atoms with Crippen molar-refractivity contribution in [2.24, 2.45) is 0 Å². The van der Waals surface area contributed by atoms with Crippen LogP contribution in [0.4, 0.5) is 5.69 Å². The van der Waals surface area contributed by atoms with Gasteiger partial charge in [0.25, 0.3) is 0 Å². The summed E-state index contributed by atoms with van der Waals surface area (Å²) in [6.45, 7) is 3.10. The van der Waals surface area contributed by atoms with Crippen LogP contribution in [0.2, 0.25) is 5.02 Å². The Balaban J connectivity index is 1.80. The predicted octanol–water partition coefficient (Wildman–Crippen LogP) is 3.63. The van der Waals surface area contributed by atoms with Gasteiger partial charge in [-0.05, 0) is 41.8 Å². The Morgan fingerprint density at radius 3 is 2.38 bits per heavy atom. The zero-order chi connectivity index (χ0) is 15.1. The first kappa shape index (κ1) is 15.5. The van der Waals surface area contributed by atoms with Gasteiger partial charge < -0.3 is 10.6 Å². The third-order valence-electron chi connectivity index (χ3n) is 3.23. The van der Waals surface area contributed by atoms with Gasteiger partial charge in [-0.15, -0.1) is 0 Å². The molecule has 2 aromatic rings. The van der Waals surface area contributed by atoms with Crippen LogP contribution in [-0.4, -0.2) is 12.5 Å². The third kappa shape index (κ3) is 4.88. The van der Waals surface area contributed by atoms with Crippen molar-refractivity contribution >= 4 is 23.2 Å². The minimum atomic E-state index is -0.0636. The van der Waals surface area contributed by atoms with Crippen molar-refractivity contribution < 1.29 is 4.79 Å². The molecule has 0 aliphatic rings. The van der Waals surface area contributed by atoms with Crippen molar-refractivity contribution in [1.82, 2.24) is 5.32 Å². The van der Waals surface area contributed by atoms with Gasteiger partial charge in [0, 0.05) is 17.3 Å². The van der Waals surface area contributed by atoms with E-state index in [2.05, 4.69) is 29.7 Å². The number of carbonyl (C=O) groups excluding carboxylic acids is 1. The normalized spacial score (nSPS) is 10.4. The topological polar surface area (TPSA) is 41.1 Å². The molecule has 0 aliphatic heterocycles. The van der Waals surface area contributed by atoms with Gasteiger partial charge in [0.05, 0.1) is 6.54 Å². The van der Waals surface area contributed by atoms with E-state index in [-0.39, 0.29) is 12.5 Å². The van der Waals surface area contributed by atoms with Crippen LogP contribution in [0.15, 0.2) is 48.5 Å². The summed E-state index contributed by atoms with van der Waals surface area (Å²) in [5.74, 6) is -0.0636. The monoisotopic (exact) mass is 302 g/mol. The van der Waals surface area contributed by atoms with Crippen LogP contribution in [0.5, 0.6) is 0 Å². The fraction of sp³-hybridized carbons (Fsp3) is 0.235. The molecule has 0 fully saturated rings. The summed E-state index contributed by atoms with van der Waals surface area (Å²) >= 11 is 5.80. The van der Waals surface area contributed by atoms with Crippen molar-refractivity contribution in [3.05, 3.63) is 64.7 Å². The first-order valence-electron chi connectivity index (χ1n) is 7.02. The number of hydrogen-bond donors (Lipinski definition) is 2. The van der Waals surface area contributed by atoms with Crippen LogP contribution < -0.4 is 10.6 Å². The number of hydrogen-bond acceptors (Lipinski definition) is 2. The molecule has 110 valence electrons. The molecule has 0 saturated heterocycles. The molecule has 1 amide bonds. The molecule has 0 aliphatic carbocycles. The lowest BCUT2D eigenvalue weighted by molar-refractivity contribution is -0.115. The fourth-order valence-corrected chi connectivity index (χ4v) is 2.25. The smallest absolute Gasteiger partial charge is 0.238 e. The summed E-state index contributed by atoms with van der Waals surface area (Å²) in [7, 11) is 0. The average molecular weight is 303 g/mol. The SMILES string of the molecule is CCc1ccccc1CNCC(=O)Nc1ccc(Cl)cc1. The highest BCUT2D eigenvalue weighted by molar-refractivity contribution is 6.30. The van der Waals surface area contributed by atoms with Crippen molar-refractivity contribution in [3.63, 3.8) is 0 Å². The second kappa shape index (κ2) is 7.81. The van der Waals surface area contributed by atoms with E-state index < -0.39 is 0 Å². The Morgan fingerprint density at radius 2 is 1.71 bits per heavy atom. The quantitative estimate of drug-likeness (QED) is 0.855. The third-order valence-corrected chi connectivity index (χ3v) is 3.48. The number of carbonyl (C=O) groups is 1. The Hall–Kier alpha value is -1.84. The van der Waals surface area contributed by atoms with E-state index in [9.17, 15) is 4.79 Å². The highest BCUT2D eigenvalue weighted by atomic mass is 35.5. The molecule has 0 saturated carbocycles. The summed E-state index contributed by atoms with van der Waals surface area (Å²) in [5, 5.41) is 6.65. The zero-order valence-corrected chi connectivity index (χ0v) is 12.8. The molecule has 0 aromatic heterocycles. The van der Waals surface area contributed by atoms with Gasteiger partial charge in [0.2, 0.25) is 5.91 Å². The average Bonchev–Trinajstić information content (AvgIpc) is 2.50. The number of halogens is 1. The molecule has 3 nitrogen and oxygen atoms in total. The minimum absolute atomic E-state index is 0.0636. The van der Waals surface area contributed by atoms with Gasteiger partial charge in [-0.3, -0.25) is 4.79 Å². The maximum absolute atomic E-state index is 11.8. The van der Waals surface area contributed by atoms with Gasteiger partial charge in [-0.2, -0.15) is 0 Å². The van der Waals surface area contributed by atoms with E-state index in [0.717, 1.165) is 12.1 Å². The molecule has 0 bridgehead atoms. The van der Waals surface area contributed by atoms with Crippen LogP contribution in [-0.2, 0) is 17.8 Å². The number of nitrogens with one attached hydrogen (secondary N) is 2. The zero-order valence-electron chi connectivity index (χ0n) is 12.0. The molecule has 0 heterocycles. The molecular formula is C17H19ClN2O. The standard InChI is InChI=1S/C17H19ClN2O/c1-2-13-5-3-4-6-14(13)11-19-12-17(21)20-16-9-7-15(18)8-10-16/h3-10,19H,2,11-12H2,1H3,(H,20,21). The summed E-state index contributed by atoms with van der Waals surface area (Å²) in [6.07, 6.45) is 0.995. The predicted molar refractivity (Wildman–Crippen MR) is 87.6 cm³/mol. The number of aryl methyl sites for hydroxylation is 1. The molecule has 0 radical (unpaired) electrons. The molecule has 4 heteroatoms. The van der Waals surface area contributed by atoms with E-state index in [1.165, 1.54) is 11.1 Å². The van der Waals surface area contributed by atoms with E-state index in [1.807, 2.05) is 12.1 Å². The van der Waals surface area contributed by atoms with Crippen molar-refractivity contribution in [2.45, 2.75) is 19.9 Å². The second-order valence-corrected chi connectivity index (χ2v) is 5.22. The van der Waals surface area contributed by atoms with Crippen molar-refractivity contribution in [1.29, 1.82) is 0 Å². The first-order chi connectivity index (χ1) is 10.2. The maximum Gasteiger partial charge on any atom is 0.238 e. The number of anilines is 1. The van der Waals surface area contributed by atoms with E-state index in [1.54, 1.807) is 24.3 Å². The molecule has 0 atom stereocenters. The van der Waals surface area contributed by atoms with Crippen LogP contribution in [0.25, 0.3) is 0 Å². The molecule has 0 unspecified atom stereocenters. The maximum atomic E-state index is 11.8. The molecule has 2 aromatic carbocycles. The molecule has 2 N–H and O–H groups in total.